The smallest absolute Gasteiger partial charge is 0.310 e. The third kappa shape index (κ3) is 0.578. The maximum atomic E-state index is 11.5. The van der Waals surface area contributed by atoms with Gasteiger partial charge >= 0.3 is 5.97 Å². The maximum absolute atomic E-state index is 11.5. The monoisotopic (exact) mass is 174 g/mol. The predicted octanol–water partition coefficient (Wildman–Crippen LogP) is 1.15. The van der Waals surface area contributed by atoms with Crippen LogP contribution in [-0.4, -0.2) is 12.1 Å². The van der Waals surface area contributed by atoms with E-state index in [0.717, 1.165) is 0 Å². The molecular weight excluding hydrogens is 164 g/mol. The van der Waals surface area contributed by atoms with Gasteiger partial charge in [0.25, 0.3) is 0 Å². The summed E-state index contributed by atoms with van der Waals surface area (Å²) >= 11 is 0. The van der Waals surface area contributed by atoms with Crippen LogP contribution in [0.5, 0.6) is 0 Å². The van der Waals surface area contributed by atoms with Crippen molar-refractivity contribution in [1.82, 2.24) is 0 Å². The second-order valence-electron chi connectivity index (χ2n) is 4.51. The number of esters is 1. The third-order valence-electron chi connectivity index (χ3n) is 4.00. The van der Waals surface area contributed by atoms with Crippen LogP contribution in [0.1, 0.15) is 0 Å². The Kier molecular flexibility index (Phi) is 0.859. The molecule has 1 saturated carbocycles. The molecule has 2 nitrogen and oxygen atoms in total. The quantitative estimate of drug-likeness (QED) is 0.406. The van der Waals surface area contributed by atoms with Crippen molar-refractivity contribution in [3.05, 3.63) is 24.3 Å². The minimum atomic E-state index is 0.0428. The molecule has 1 saturated heterocycles. The summed E-state index contributed by atoms with van der Waals surface area (Å²) in [6.45, 7) is 0. The summed E-state index contributed by atoms with van der Waals surface area (Å²) in [6.07, 6.45) is 8.88. The van der Waals surface area contributed by atoms with Crippen molar-refractivity contribution in [2.45, 2.75) is 6.10 Å². The van der Waals surface area contributed by atoms with Gasteiger partial charge < -0.3 is 4.74 Å². The number of fused-ring (bicyclic) bond motifs is 1. The fraction of sp³-hybridized carbons (Fsp3) is 0.545. The number of hydrogen-bond acceptors (Lipinski definition) is 2. The number of carbonyl (C=O) groups excluding carboxylic acids is 1. The fourth-order valence-corrected chi connectivity index (χ4v) is 3.33. The summed E-state index contributed by atoms with van der Waals surface area (Å²) in [5.74, 6) is 2.43. The highest BCUT2D eigenvalue weighted by Gasteiger charge is 2.63. The van der Waals surface area contributed by atoms with Crippen molar-refractivity contribution >= 4 is 5.97 Å². The van der Waals surface area contributed by atoms with Crippen molar-refractivity contribution < 1.29 is 9.53 Å². The SMILES string of the molecule is O=C1O[C@H]2C=C[C@H]3[C@H]4C=C[C@H]2[C@H]1[C@H]43. The largest absolute Gasteiger partial charge is 0.457 e. The Morgan fingerprint density at radius 2 is 1.69 bits per heavy atom. The molecule has 4 bridgehead atoms. The Bertz CT molecular complexity index is 355. The van der Waals surface area contributed by atoms with E-state index < -0.39 is 0 Å². The van der Waals surface area contributed by atoms with E-state index >= 15 is 0 Å². The van der Waals surface area contributed by atoms with Crippen LogP contribution in [0.25, 0.3) is 0 Å². The summed E-state index contributed by atoms with van der Waals surface area (Å²) in [6, 6.07) is 0. The van der Waals surface area contributed by atoms with E-state index in [-0.39, 0.29) is 18.0 Å². The number of allylic oxidation sites excluding steroid dienone is 2. The molecule has 0 aromatic heterocycles. The van der Waals surface area contributed by atoms with E-state index in [1.807, 2.05) is 0 Å². The first-order valence-corrected chi connectivity index (χ1v) is 4.93. The van der Waals surface area contributed by atoms with Gasteiger partial charge in [-0.05, 0) is 23.8 Å². The molecule has 1 aliphatic heterocycles. The highest BCUT2D eigenvalue weighted by Crippen LogP contribution is 2.62. The Balaban J connectivity index is 1.94. The molecule has 0 amide bonds. The lowest BCUT2D eigenvalue weighted by molar-refractivity contribution is -0.143. The molecule has 0 unspecified atom stereocenters. The van der Waals surface area contributed by atoms with Crippen molar-refractivity contribution in [3.63, 3.8) is 0 Å². The molecule has 6 atom stereocenters. The van der Waals surface area contributed by atoms with Gasteiger partial charge in [-0.15, -0.1) is 0 Å². The van der Waals surface area contributed by atoms with Gasteiger partial charge in [-0.25, -0.2) is 0 Å². The predicted molar refractivity (Wildman–Crippen MR) is 45.6 cm³/mol. The summed E-state index contributed by atoms with van der Waals surface area (Å²) in [4.78, 5) is 11.5. The van der Waals surface area contributed by atoms with Crippen molar-refractivity contribution in [2.24, 2.45) is 29.6 Å². The molecule has 0 radical (unpaired) electrons. The van der Waals surface area contributed by atoms with Crippen molar-refractivity contribution in [1.29, 1.82) is 0 Å². The van der Waals surface area contributed by atoms with E-state index in [9.17, 15) is 4.79 Å². The average Bonchev–Trinajstić information content (AvgIpc) is 2.72. The molecule has 0 aromatic rings. The molecule has 0 N–H and O–H groups in total. The molecule has 66 valence electrons. The Morgan fingerprint density at radius 1 is 1.00 bits per heavy atom. The molecule has 2 heteroatoms. The lowest BCUT2D eigenvalue weighted by atomic mass is 9.83. The van der Waals surface area contributed by atoms with Crippen LogP contribution < -0.4 is 0 Å². The van der Waals surface area contributed by atoms with Crippen molar-refractivity contribution in [3.8, 4) is 0 Å². The molecule has 13 heavy (non-hydrogen) atoms. The first-order valence-electron chi connectivity index (χ1n) is 4.93. The highest BCUT2D eigenvalue weighted by molar-refractivity contribution is 5.78. The lowest BCUT2D eigenvalue weighted by Gasteiger charge is -2.16. The van der Waals surface area contributed by atoms with E-state index in [1.165, 1.54) is 0 Å². The minimum Gasteiger partial charge on any atom is -0.457 e. The van der Waals surface area contributed by atoms with Crippen LogP contribution in [0.2, 0.25) is 0 Å². The normalized spacial score (nSPS) is 58.9. The van der Waals surface area contributed by atoms with Crippen LogP contribution in [0, 0.1) is 29.6 Å². The van der Waals surface area contributed by atoms with Crippen LogP contribution in [0.3, 0.4) is 0 Å². The van der Waals surface area contributed by atoms with Crippen molar-refractivity contribution in [2.75, 3.05) is 0 Å². The van der Waals surface area contributed by atoms with Crippen LogP contribution in [-0.2, 0) is 9.53 Å². The van der Waals surface area contributed by atoms with E-state index in [2.05, 4.69) is 24.3 Å². The zero-order valence-electron chi connectivity index (χ0n) is 7.09. The number of ether oxygens (including phenoxy) is 1. The minimum absolute atomic E-state index is 0.0428. The van der Waals surface area contributed by atoms with Gasteiger partial charge in [0.2, 0.25) is 0 Å². The van der Waals surface area contributed by atoms with Crippen LogP contribution in [0.4, 0.5) is 0 Å². The van der Waals surface area contributed by atoms with Gasteiger partial charge in [-0.2, -0.15) is 0 Å². The van der Waals surface area contributed by atoms with Gasteiger partial charge in [0.15, 0.2) is 0 Å². The first kappa shape index (κ1) is 6.41. The lowest BCUT2D eigenvalue weighted by Crippen LogP contribution is -2.21. The van der Waals surface area contributed by atoms with E-state index in [1.54, 1.807) is 0 Å². The van der Waals surface area contributed by atoms with Crippen LogP contribution >= 0.6 is 0 Å². The second-order valence-corrected chi connectivity index (χ2v) is 4.51. The van der Waals surface area contributed by atoms with Crippen LogP contribution in [0.15, 0.2) is 24.3 Å². The van der Waals surface area contributed by atoms with Gasteiger partial charge in [-0.1, -0.05) is 18.2 Å². The zero-order chi connectivity index (χ0) is 8.58. The number of rotatable bonds is 0. The second kappa shape index (κ2) is 1.74. The van der Waals surface area contributed by atoms with E-state index in [4.69, 9.17) is 4.74 Å². The van der Waals surface area contributed by atoms with Gasteiger partial charge in [0, 0.05) is 5.92 Å². The summed E-state index contributed by atoms with van der Waals surface area (Å²) in [7, 11) is 0. The molecule has 1 heterocycles. The molecule has 4 rings (SSSR count). The maximum Gasteiger partial charge on any atom is 0.310 e. The Labute approximate surface area is 76.3 Å². The highest BCUT2D eigenvalue weighted by atomic mass is 16.6. The molecule has 2 fully saturated rings. The third-order valence-corrected chi connectivity index (χ3v) is 4.00. The standard InChI is InChI=1S/C11H10O2/c12-11-10-7-2-1-5-6(9(5)10)3-4-8(7)13-11/h1-10H/t5-,6+,7-,8+,9-,10+/m1/s1. The Hall–Kier alpha value is -1.05. The van der Waals surface area contributed by atoms with Gasteiger partial charge in [-0.3, -0.25) is 4.79 Å². The van der Waals surface area contributed by atoms with Gasteiger partial charge in [0.05, 0.1) is 5.92 Å². The fourth-order valence-electron chi connectivity index (χ4n) is 3.33. The molecule has 3 aliphatic carbocycles. The molecule has 0 spiro atoms. The molecule has 4 aliphatic rings. The summed E-state index contributed by atoms with van der Waals surface area (Å²) in [5.41, 5.74) is 0. The van der Waals surface area contributed by atoms with Gasteiger partial charge in [0.1, 0.15) is 6.10 Å². The summed E-state index contributed by atoms with van der Waals surface area (Å²) in [5, 5.41) is 0. The summed E-state index contributed by atoms with van der Waals surface area (Å²) < 4.78 is 5.32. The molecule has 0 aromatic carbocycles. The first-order chi connectivity index (χ1) is 6.36. The van der Waals surface area contributed by atoms with E-state index in [0.29, 0.717) is 23.7 Å². The molecular formula is C11H10O2. The number of carbonyl (C=O) groups is 1. The average molecular weight is 174 g/mol. The Morgan fingerprint density at radius 3 is 2.54 bits per heavy atom. The topological polar surface area (TPSA) is 26.3 Å². The zero-order valence-corrected chi connectivity index (χ0v) is 7.09. The number of hydrogen-bond donors (Lipinski definition) is 0.